The first-order chi connectivity index (χ1) is 10.1. The molecule has 1 N–H and O–H groups in total. The molecular formula is C15H17F2NO3. The van der Waals surface area contributed by atoms with Crippen molar-refractivity contribution in [3.05, 3.63) is 35.4 Å². The molecule has 1 aromatic rings. The predicted octanol–water partition coefficient (Wildman–Crippen LogP) is 2.38. The van der Waals surface area contributed by atoms with E-state index in [1.807, 2.05) is 0 Å². The number of hydrogen-bond acceptors (Lipinski definition) is 3. The molecule has 4 nitrogen and oxygen atoms in total. The standard InChI is InChI=1S/C15H17F2NO3/c16-10-1-2-13(17)12(9-10)14(19)18-11-3-5-15(6-4-11)20-7-8-21-15/h1-2,9,11H,3-8H2,(H,18,19). The Balaban J connectivity index is 1.60. The third kappa shape index (κ3) is 3.06. The SMILES string of the molecule is O=C(NC1CCC2(CC1)OCCO2)c1cc(F)ccc1F. The van der Waals surface area contributed by atoms with Crippen LogP contribution >= 0.6 is 0 Å². The summed E-state index contributed by atoms with van der Waals surface area (Å²) >= 11 is 0. The van der Waals surface area contributed by atoms with Crippen molar-refractivity contribution in [2.45, 2.75) is 37.5 Å². The summed E-state index contributed by atoms with van der Waals surface area (Å²) < 4.78 is 37.9. The maximum Gasteiger partial charge on any atom is 0.254 e. The lowest BCUT2D eigenvalue weighted by Gasteiger charge is -2.35. The number of hydrogen-bond donors (Lipinski definition) is 1. The first-order valence-corrected chi connectivity index (χ1v) is 7.12. The average molecular weight is 297 g/mol. The van der Waals surface area contributed by atoms with Crippen LogP contribution in [0.5, 0.6) is 0 Å². The summed E-state index contributed by atoms with van der Waals surface area (Å²) in [6.45, 7) is 1.21. The van der Waals surface area contributed by atoms with Gasteiger partial charge in [0.2, 0.25) is 0 Å². The van der Waals surface area contributed by atoms with Gasteiger partial charge in [0.1, 0.15) is 11.6 Å². The second kappa shape index (κ2) is 5.69. The minimum Gasteiger partial charge on any atom is -0.349 e. The molecule has 1 amide bonds. The highest BCUT2D eigenvalue weighted by Gasteiger charge is 2.40. The Labute approximate surface area is 121 Å². The van der Waals surface area contributed by atoms with Crippen molar-refractivity contribution in [2.75, 3.05) is 13.2 Å². The summed E-state index contributed by atoms with van der Waals surface area (Å²) in [5, 5.41) is 2.75. The molecule has 1 aliphatic carbocycles. The average Bonchev–Trinajstić information content (AvgIpc) is 2.93. The minimum absolute atomic E-state index is 0.0707. The van der Waals surface area contributed by atoms with Gasteiger partial charge in [0.15, 0.2) is 5.79 Å². The Morgan fingerprint density at radius 2 is 1.86 bits per heavy atom. The molecule has 114 valence electrons. The fraction of sp³-hybridized carbons (Fsp3) is 0.533. The quantitative estimate of drug-likeness (QED) is 0.911. The molecule has 3 rings (SSSR count). The molecule has 1 saturated carbocycles. The molecule has 0 radical (unpaired) electrons. The van der Waals surface area contributed by atoms with Gasteiger partial charge in [0.25, 0.3) is 5.91 Å². The van der Waals surface area contributed by atoms with Crippen molar-refractivity contribution in [3.63, 3.8) is 0 Å². The van der Waals surface area contributed by atoms with Gasteiger partial charge in [-0.15, -0.1) is 0 Å². The summed E-state index contributed by atoms with van der Waals surface area (Å²) in [4.78, 5) is 12.0. The third-order valence-corrected chi connectivity index (χ3v) is 4.07. The van der Waals surface area contributed by atoms with E-state index in [1.165, 1.54) is 0 Å². The van der Waals surface area contributed by atoms with E-state index in [0.29, 0.717) is 38.9 Å². The van der Waals surface area contributed by atoms with Crippen molar-refractivity contribution in [1.29, 1.82) is 0 Å². The molecule has 2 aliphatic rings. The second-order valence-corrected chi connectivity index (χ2v) is 5.48. The molecule has 1 spiro atoms. The van der Waals surface area contributed by atoms with E-state index in [0.717, 1.165) is 18.2 Å². The Bertz CT molecular complexity index is 534. The highest BCUT2D eigenvalue weighted by atomic mass is 19.1. The molecule has 0 atom stereocenters. The molecule has 21 heavy (non-hydrogen) atoms. The van der Waals surface area contributed by atoms with Crippen LogP contribution in [-0.4, -0.2) is 30.9 Å². The normalized spacial score (nSPS) is 21.6. The minimum atomic E-state index is -0.719. The van der Waals surface area contributed by atoms with Crippen LogP contribution in [0, 0.1) is 11.6 Å². The smallest absolute Gasteiger partial charge is 0.254 e. The summed E-state index contributed by atoms with van der Waals surface area (Å²) in [5.74, 6) is -2.42. The maximum absolute atomic E-state index is 13.5. The Morgan fingerprint density at radius 1 is 1.19 bits per heavy atom. The zero-order valence-electron chi connectivity index (χ0n) is 11.5. The van der Waals surface area contributed by atoms with Crippen LogP contribution < -0.4 is 5.32 Å². The predicted molar refractivity (Wildman–Crippen MR) is 70.7 cm³/mol. The Kier molecular flexibility index (Phi) is 3.91. The van der Waals surface area contributed by atoms with E-state index in [2.05, 4.69) is 5.32 Å². The second-order valence-electron chi connectivity index (χ2n) is 5.48. The fourth-order valence-electron chi connectivity index (χ4n) is 2.92. The maximum atomic E-state index is 13.5. The summed E-state index contributed by atoms with van der Waals surface area (Å²) in [7, 11) is 0. The van der Waals surface area contributed by atoms with Gasteiger partial charge in [-0.3, -0.25) is 4.79 Å². The molecule has 6 heteroatoms. The molecule has 2 fully saturated rings. The van der Waals surface area contributed by atoms with Crippen molar-refractivity contribution in [3.8, 4) is 0 Å². The van der Waals surface area contributed by atoms with Crippen LogP contribution in [0.2, 0.25) is 0 Å². The van der Waals surface area contributed by atoms with Crippen molar-refractivity contribution < 1.29 is 23.0 Å². The van der Waals surface area contributed by atoms with E-state index in [4.69, 9.17) is 9.47 Å². The largest absolute Gasteiger partial charge is 0.349 e. The number of halogens is 2. The molecule has 1 aromatic carbocycles. The first-order valence-electron chi connectivity index (χ1n) is 7.12. The highest BCUT2D eigenvalue weighted by Crippen LogP contribution is 2.35. The lowest BCUT2D eigenvalue weighted by molar-refractivity contribution is -0.179. The van der Waals surface area contributed by atoms with E-state index >= 15 is 0 Å². The van der Waals surface area contributed by atoms with Gasteiger partial charge in [0.05, 0.1) is 18.8 Å². The number of rotatable bonds is 2. The van der Waals surface area contributed by atoms with Crippen LogP contribution in [0.1, 0.15) is 36.0 Å². The molecule has 1 aliphatic heterocycles. The van der Waals surface area contributed by atoms with Crippen LogP contribution in [0.4, 0.5) is 8.78 Å². The first kappa shape index (κ1) is 14.4. The van der Waals surface area contributed by atoms with E-state index in [9.17, 15) is 13.6 Å². The number of carbonyl (C=O) groups is 1. The van der Waals surface area contributed by atoms with Crippen LogP contribution in [-0.2, 0) is 9.47 Å². The van der Waals surface area contributed by atoms with E-state index in [1.54, 1.807) is 0 Å². The number of benzene rings is 1. The number of ether oxygens (including phenoxy) is 2. The van der Waals surface area contributed by atoms with Crippen molar-refractivity contribution in [2.24, 2.45) is 0 Å². The Morgan fingerprint density at radius 3 is 2.52 bits per heavy atom. The molecule has 0 bridgehead atoms. The highest BCUT2D eigenvalue weighted by molar-refractivity contribution is 5.94. The molecule has 0 aromatic heterocycles. The lowest BCUT2D eigenvalue weighted by atomic mass is 9.90. The van der Waals surface area contributed by atoms with Gasteiger partial charge >= 0.3 is 0 Å². The topological polar surface area (TPSA) is 47.6 Å². The zero-order chi connectivity index (χ0) is 14.9. The van der Waals surface area contributed by atoms with Gasteiger partial charge in [-0.25, -0.2) is 8.78 Å². The van der Waals surface area contributed by atoms with Crippen LogP contribution in [0.25, 0.3) is 0 Å². The lowest BCUT2D eigenvalue weighted by Crippen LogP contribution is -2.44. The van der Waals surface area contributed by atoms with Crippen LogP contribution in [0.3, 0.4) is 0 Å². The van der Waals surface area contributed by atoms with E-state index < -0.39 is 23.3 Å². The summed E-state index contributed by atoms with van der Waals surface area (Å²) in [6, 6.07) is 2.79. The number of amides is 1. The van der Waals surface area contributed by atoms with Crippen molar-refractivity contribution >= 4 is 5.91 Å². The van der Waals surface area contributed by atoms with Crippen LogP contribution in [0.15, 0.2) is 18.2 Å². The van der Waals surface area contributed by atoms with Gasteiger partial charge < -0.3 is 14.8 Å². The fourth-order valence-corrected chi connectivity index (χ4v) is 2.92. The molecule has 1 heterocycles. The molecule has 0 unspecified atom stereocenters. The van der Waals surface area contributed by atoms with Gasteiger partial charge in [0, 0.05) is 18.9 Å². The summed E-state index contributed by atoms with van der Waals surface area (Å²) in [6.07, 6.45) is 2.79. The number of nitrogens with one attached hydrogen (secondary N) is 1. The molecular weight excluding hydrogens is 280 g/mol. The van der Waals surface area contributed by atoms with Gasteiger partial charge in [-0.05, 0) is 31.0 Å². The third-order valence-electron chi connectivity index (χ3n) is 4.07. The van der Waals surface area contributed by atoms with E-state index in [-0.39, 0.29) is 11.6 Å². The molecule has 1 saturated heterocycles. The van der Waals surface area contributed by atoms with Crippen molar-refractivity contribution in [1.82, 2.24) is 5.32 Å². The Hall–Kier alpha value is -1.53. The monoisotopic (exact) mass is 297 g/mol. The van der Waals surface area contributed by atoms with Gasteiger partial charge in [-0.1, -0.05) is 0 Å². The summed E-state index contributed by atoms with van der Waals surface area (Å²) in [5.41, 5.74) is -0.261. The number of carbonyl (C=O) groups excluding carboxylic acids is 1. The zero-order valence-corrected chi connectivity index (χ0v) is 11.5. The van der Waals surface area contributed by atoms with Gasteiger partial charge in [-0.2, -0.15) is 0 Å².